The van der Waals surface area contributed by atoms with Crippen molar-refractivity contribution in [2.24, 2.45) is 11.8 Å². The van der Waals surface area contributed by atoms with Gasteiger partial charge in [-0.05, 0) is 55.6 Å². The van der Waals surface area contributed by atoms with Gasteiger partial charge < -0.3 is 15.7 Å². The minimum atomic E-state index is -1.13. The molecule has 6 rings (SSSR count). The smallest absolute Gasteiger partial charge is 0.299 e. The van der Waals surface area contributed by atoms with E-state index in [4.69, 9.17) is 10.7 Å². The second-order valence-corrected chi connectivity index (χ2v) is 10.5. The summed E-state index contributed by atoms with van der Waals surface area (Å²) in [7, 11) is 0. The van der Waals surface area contributed by atoms with E-state index in [0.717, 1.165) is 47.3 Å². The number of carbonyl (C=O) groups is 1. The average Bonchev–Trinajstić information content (AvgIpc) is 3.63. The van der Waals surface area contributed by atoms with Gasteiger partial charge in [0, 0.05) is 24.5 Å². The van der Waals surface area contributed by atoms with Gasteiger partial charge in [0.25, 0.3) is 5.91 Å². The SMILES string of the molecule is CC#CC(=O)N1CC2CCCC2C1c1nc(-c2ccc(C(C)(O)c3ccccc3)cc2)c2c(N)nccn12. The highest BCUT2D eigenvalue weighted by atomic mass is 16.3. The lowest BCUT2D eigenvalue weighted by molar-refractivity contribution is -0.126. The Morgan fingerprint density at radius 1 is 1.11 bits per heavy atom. The van der Waals surface area contributed by atoms with Gasteiger partial charge in [0.1, 0.15) is 28.5 Å². The normalized spacial score (nSPS) is 22.1. The zero-order chi connectivity index (χ0) is 26.4. The molecule has 38 heavy (non-hydrogen) atoms. The minimum Gasteiger partial charge on any atom is -0.382 e. The van der Waals surface area contributed by atoms with Gasteiger partial charge in [0.05, 0.1) is 6.04 Å². The van der Waals surface area contributed by atoms with Crippen molar-refractivity contribution < 1.29 is 9.90 Å². The van der Waals surface area contributed by atoms with Gasteiger partial charge >= 0.3 is 0 Å². The van der Waals surface area contributed by atoms with Crippen LogP contribution in [-0.2, 0) is 10.4 Å². The average molecular weight is 506 g/mol. The van der Waals surface area contributed by atoms with Crippen molar-refractivity contribution in [3.05, 3.63) is 83.9 Å². The number of likely N-dealkylation sites (tertiary alicyclic amines) is 1. The molecule has 1 amide bonds. The minimum absolute atomic E-state index is 0.153. The standard InChI is InChI=1S/C31H31N5O2/c1-3-8-25(37)36-19-21-9-7-12-24(21)27(36)30-34-26(28-29(32)33-17-18-35(28)30)20-13-15-23(16-14-20)31(2,38)22-10-5-4-6-11-22/h4-6,10-11,13-18,21,24,27,38H,7,9,12,19H2,1-2H3,(H2,32,33). The van der Waals surface area contributed by atoms with E-state index in [2.05, 4.69) is 16.8 Å². The molecule has 4 aromatic rings. The topological polar surface area (TPSA) is 96.8 Å². The number of aromatic nitrogens is 3. The summed E-state index contributed by atoms with van der Waals surface area (Å²) in [6.45, 7) is 4.20. The van der Waals surface area contributed by atoms with Crippen molar-refractivity contribution in [3.8, 4) is 23.1 Å². The maximum absolute atomic E-state index is 13.0. The Morgan fingerprint density at radius 2 is 1.84 bits per heavy atom. The third-order valence-electron chi connectivity index (χ3n) is 8.31. The molecule has 2 aromatic heterocycles. The molecule has 1 saturated heterocycles. The molecule has 2 fully saturated rings. The Labute approximate surface area is 222 Å². The Kier molecular flexibility index (Phi) is 5.93. The van der Waals surface area contributed by atoms with Crippen LogP contribution in [0.4, 0.5) is 5.82 Å². The predicted octanol–water partition coefficient (Wildman–Crippen LogP) is 4.56. The summed E-state index contributed by atoms with van der Waals surface area (Å²) in [5.41, 5.74) is 9.19. The molecule has 7 nitrogen and oxygen atoms in total. The van der Waals surface area contributed by atoms with E-state index in [1.54, 1.807) is 20.0 Å². The van der Waals surface area contributed by atoms with Crippen LogP contribution in [0.15, 0.2) is 67.0 Å². The lowest BCUT2D eigenvalue weighted by atomic mass is 9.87. The summed E-state index contributed by atoms with van der Waals surface area (Å²) >= 11 is 0. The van der Waals surface area contributed by atoms with E-state index in [1.165, 1.54) is 0 Å². The number of benzene rings is 2. The number of fused-ring (bicyclic) bond motifs is 2. The third kappa shape index (κ3) is 3.84. The van der Waals surface area contributed by atoms with Crippen LogP contribution in [0.3, 0.4) is 0 Å². The first-order valence-electron chi connectivity index (χ1n) is 13.1. The number of nitrogens with zero attached hydrogens (tertiary/aromatic N) is 4. The summed E-state index contributed by atoms with van der Waals surface area (Å²) in [5.74, 6) is 7.34. The van der Waals surface area contributed by atoms with Gasteiger partial charge in [-0.2, -0.15) is 0 Å². The summed E-state index contributed by atoms with van der Waals surface area (Å²) in [6.07, 6.45) is 6.90. The number of aliphatic hydroxyl groups is 1. The molecule has 4 unspecified atom stereocenters. The quantitative estimate of drug-likeness (QED) is 0.397. The largest absolute Gasteiger partial charge is 0.382 e. The highest BCUT2D eigenvalue weighted by molar-refractivity contribution is 5.94. The van der Waals surface area contributed by atoms with Gasteiger partial charge in [-0.25, -0.2) is 9.97 Å². The maximum atomic E-state index is 13.0. The van der Waals surface area contributed by atoms with E-state index < -0.39 is 5.60 Å². The van der Waals surface area contributed by atoms with Crippen molar-refractivity contribution in [3.63, 3.8) is 0 Å². The number of hydrogen-bond acceptors (Lipinski definition) is 5. The van der Waals surface area contributed by atoms with Gasteiger partial charge in [-0.1, -0.05) is 66.9 Å². The van der Waals surface area contributed by atoms with Crippen LogP contribution in [0, 0.1) is 23.7 Å². The third-order valence-corrected chi connectivity index (χ3v) is 8.31. The molecule has 1 aliphatic heterocycles. The highest BCUT2D eigenvalue weighted by Crippen LogP contribution is 2.50. The fraction of sp³-hybridized carbons (Fsp3) is 0.323. The first-order chi connectivity index (χ1) is 18.4. The van der Waals surface area contributed by atoms with E-state index >= 15 is 0 Å². The molecule has 3 N–H and O–H groups in total. The predicted molar refractivity (Wildman–Crippen MR) is 147 cm³/mol. The van der Waals surface area contributed by atoms with E-state index in [1.807, 2.05) is 70.1 Å². The highest BCUT2D eigenvalue weighted by Gasteiger charge is 2.48. The number of nitrogens with two attached hydrogens (primary N) is 1. The Hall–Kier alpha value is -4.15. The van der Waals surface area contributed by atoms with Crippen molar-refractivity contribution in [1.82, 2.24) is 19.3 Å². The first kappa shape index (κ1) is 24.2. The number of hydrogen-bond donors (Lipinski definition) is 2. The van der Waals surface area contributed by atoms with Gasteiger partial charge in [0.15, 0.2) is 0 Å². The van der Waals surface area contributed by atoms with Crippen LogP contribution in [0.5, 0.6) is 0 Å². The van der Waals surface area contributed by atoms with Crippen LogP contribution in [0.1, 0.15) is 56.1 Å². The Morgan fingerprint density at radius 3 is 2.58 bits per heavy atom. The van der Waals surface area contributed by atoms with Crippen LogP contribution in [0.2, 0.25) is 0 Å². The van der Waals surface area contributed by atoms with Crippen LogP contribution < -0.4 is 5.73 Å². The lowest BCUT2D eigenvalue weighted by Crippen LogP contribution is -2.32. The van der Waals surface area contributed by atoms with E-state index in [0.29, 0.717) is 29.9 Å². The number of nitrogen functional groups attached to an aromatic ring is 1. The van der Waals surface area contributed by atoms with E-state index in [-0.39, 0.29) is 11.9 Å². The molecule has 192 valence electrons. The first-order valence-corrected chi connectivity index (χ1v) is 13.1. The molecule has 1 saturated carbocycles. The molecule has 3 heterocycles. The van der Waals surface area contributed by atoms with Crippen molar-refractivity contribution in [2.75, 3.05) is 12.3 Å². The molecule has 2 aliphatic rings. The molecule has 0 radical (unpaired) electrons. The number of imidazole rings is 1. The van der Waals surface area contributed by atoms with Crippen molar-refractivity contribution in [2.45, 2.75) is 44.8 Å². The number of amides is 1. The van der Waals surface area contributed by atoms with Crippen molar-refractivity contribution >= 4 is 17.2 Å². The van der Waals surface area contributed by atoms with Gasteiger partial charge in [-0.3, -0.25) is 9.20 Å². The number of rotatable bonds is 4. The van der Waals surface area contributed by atoms with Crippen LogP contribution >= 0.6 is 0 Å². The van der Waals surface area contributed by atoms with Gasteiger partial charge in [-0.15, -0.1) is 0 Å². The molecule has 0 bridgehead atoms. The van der Waals surface area contributed by atoms with Crippen LogP contribution in [0.25, 0.3) is 16.8 Å². The molecule has 1 aliphatic carbocycles. The van der Waals surface area contributed by atoms with Gasteiger partial charge in [0.2, 0.25) is 0 Å². The molecular weight excluding hydrogens is 474 g/mol. The van der Waals surface area contributed by atoms with Crippen molar-refractivity contribution in [1.29, 1.82) is 0 Å². The molecule has 2 aromatic carbocycles. The zero-order valence-electron chi connectivity index (χ0n) is 21.6. The van der Waals surface area contributed by atoms with Crippen LogP contribution in [-0.4, -0.2) is 36.8 Å². The summed E-state index contributed by atoms with van der Waals surface area (Å²) in [6, 6.07) is 17.2. The second-order valence-electron chi connectivity index (χ2n) is 10.5. The monoisotopic (exact) mass is 505 g/mol. The zero-order valence-corrected chi connectivity index (χ0v) is 21.6. The molecule has 4 atom stereocenters. The number of carbonyl (C=O) groups excluding carboxylic acids is 1. The Balaban J connectivity index is 1.45. The molecular formula is C31H31N5O2. The summed E-state index contributed by atoms with van der Waals surface area (Å²) < 4.78 is 2.00. The Bertz CT molecular complexity index is 1560. The molecule has 0 spiro atoms. The summed E-state index contributed by atoms with van der Waals surface area (Å²) in [5, 5.41) is 11.3. The molecule has 7 heteroatoms. The van der Waals surface area contributed by atoms with E-state index in [9.17, 15) is 9.90 Å². The number of anilines is 1. The fourth-order valence-electron chi connectivity index (χ4n) is 6.40. The second kappa shape index (κ2) is 9.30. The summed E-state index contributed by atoms with van der Waals surface area (Å²) in [4.78, 5) is 24.4. The maximum Gasteiger partial charge on any atom is 0.299 e. The fourth-order valence-corrected chi connectivity index (χ4v) is 6.40. The lowest BCUT2D eigenvalue weighted by Gasteiger charge is -2.25.